The highest BCUT2D eigenvalue weighted by molar-refractivity contribution is 9.10. The lowest BCUT2D eigenvalue weighted by Gasteiger charge is -1.98. The van der Waals surface area contributed by atoms with Crippen molar-refractivity contribution in [3.05, 3.63) is 15.9 Å². The summed E-state index contributed by atoms with van der Waals surface area (Å²) in [5, 5.41) is 3.82. The third-order valence-electron chi connectivity index (χ3n) is 1.40. The molecule has 1 rings (SSSR count). The van der Waals surface area contributed by atoms with Crippen molar-refractivity contribution in [1.82, 2.24) is 9.78 Å². The minimum absolute atomic E-state index is 0.0671. The second kappa shape index (κ2) is 2.89. The van der Waals surface area contributed by atoms with E-state index < -0.39 is 6.43 Å². The summed E-state index contributed by atoms with van der Waals surface area (Å²) >= 11 is 3.04. The van der Waals surface area contributed by atoms with Gasteiger partial charge in [0.2, 0.25) is 0 Å². The topological polar surface area (TPSA) is 17.8 Å². The molecule has 2 nitrogen and oxygen atoms in total. The monoisotopic (exact) mass is 224 g/mol. The van der Waals surface area contributed by atoms with Crippen LogP contribution < -0.4 is 0 Å². The summed E-state index contributed by atoms with van der Waals surface area (Å²) in [7, 11) is 1.50. The number of alkyl halides is 2. The van der Waals surface area contributed by atoms with Crippen molar-refractivity contribution in [2.24, 2.45) is 7.05 Å². The lowest BCUT2D eigenvalue weighted by molar-refractivity contribution is 0.140. The van der Waals surface area contributed by atoms with Crippen LogP contribution in [0.15, 0.2) is 4.47 Å². The Morgan fingerprint density at radius 3 is 2.27 bits per heavy atom. The van der Waals surface area contributed by atoms with Crippen LogP contribution in [0.3, 0.4) is 0 Å². The molecule has 1 aromatic heterocycles. The maximum absolute atomic E-state index is 12.2. The Bertz CT molecular complexity index is 270. The van der Waals surface area contributed by atoms with Crippen LogP contribution in [0.25, 0.3) is 0 Å². The van der Waals surface area contributed by atoms with E-state index in [1.165, 1.54) is 11.7 Å². The molecule has 0 spiro atoms. The average molecular weight is 225 g/mol. The van der Waals surface area contributed by atoms with Crippen molar-refractivity contribution in [2.75, 3.05) is 0 Å². The van der Waals surface area contributed by atoms with Gasteiger partial charge in [-0.15, -0.1) is 0 Å². The molecule has 0 unspecified atom stereocenters. The molecule has 1 heterocycles. The Labute approximate surface area is 71.3 Å². The standard InChI is InChI=1S/C6H7BrF2N2/c1-3-4(7)5(6(8)9)11(2)10-3/h6H,1-2H3. The normalized spacial score (nSPS) is 11.1. The minimum Gasteiger partial charge on any atom is -0.265 e. The van der Waals surface area contributed by atoms with Crippen LogP contribution in [0.4, 0.5) is 8.78 Å². The number of halogens is 3. The number of nitrogens with zero attached hydrogens (tertiary/aromatic N) is 2. The molecule has 0 amide bonds. The summed E-state index contributed by atoms with van der Waals surface area (Å²) < 4.78 is 26.0. The summed E-state index contributed by atoms with van der Waals surface area (Å²) in [6.07, 6.45) is -2.48. The number of aryl methyl sites for hydroxylation is 2. The lowest BCUT2D eigenvalue weighted by Crippen LogP contribution is -1.98. The average Bonchev–Trinajstić information content (AvgIpc) is 2.07. The molecule has 0 aliphatic carbocycles. The zero-order chi connectivity index (χ0) is 8.59. The van der Waals surface area contributed by atoms with Crippen LogP contribution in [0.2, 0.25) is 0 Å². The van der Waals surface area contributed by atoms with E-state index in [0.29, 0.717) is 10.2 Å². The molecule has 0 aliphatic rings. The van der Waals surface area contributed by atoms with E-state index in [9.17, 15) is 8.78 Å². The van der Waals surface area contributed by atoms with Gasteiger partial charge in [-0.25, -0.2) is 8.78 Å². The molecule has 0 aromatic carbocycles. The number of hydrogen-bond donors (Lipinski definition) is 0. The van der Waals surface area contributed by atoms with Crippen LogP contribution in [0.5, 0.6) is 0 Å². The van der Waals surface area contributed by atoms with Gasteiger partial charge >= 0.3 is 0 Å². The molecule has 0 N–H and O–H groups in total. The minimum atomic E-state index is -2.48. The van der Waals surface area contributed by atoms with E-state index in [2.05, 4.69) is 21.0 Å². The predicted molar refractivity (Wildman–Crippen MR) is 40.6 cm³/mol. The van der Waals surface area contributed by atoms with Gasteiger partial charge in [-0.2, -0.15) is 5.10 Å². The molecule has 11 heavy (non-hydrogen) atoms. The third kappa shape index (κ3) is 1.42. The first-order valence-electron chi connectivity index (χ1n) is 3.01. The smallest absolute Gasteiger partial charge is 0.265 e. The Hall–Kier alpha value is -0.450. The molecule has 5 heteroatoms. The van der Waals surface area contributed by atoms with Crippen molar-refractivity contribution in [2.45, 2.75) is 13.3 Å². The van der Waals surface area contributed by atoms with Crippen molar-refractivity contribution in [1.29, 1.82) is 0 Å². The van der Waals surface area contributed by atoms with E-state index in [4.69, 9.17) is 0 Å². The number of hydrogen-bond acceptors (Lipinski definition) is 1. The van der Waals surface area contributed by atoms with Gasteiger partial charge in [0.25, 0.3) is 6.43 Å². The molecule has 0 radical (unpaired) electrons. The summed E-state index contributed by atoms with van der Waals surface area (Å²) in [6.45, 7) is 1.68. The highest BCUT2D eigenvalue weighted by atomic mass is 79.9. The zero-order valence-electron chi connectivity index (χ0n) is 6.11. The van der Waals surface area contributed by atoms with Gasteiger partial charge in [-0.3, -0.25) is 4.68 Å². The van der Waals surface area contributed by atoms with Crippen molar-refractivity contribution in [3.8, 4) is 0 Å². The first-order chi connectivity index (χ1) is 5.04. The molecule has 0 atom stereocenters. The van der Waals surface area contributed by atoms with E-state index in [1.54, 1.807) is 6.92 Å². The lowest BCUT2D eigenvalue weighted by atomic mass is 10.4. The van der Waals surface area contributed by atoms with Crippen molar-refractivity contribution in [3.63, 3.8) is 0 Å². The quantitative estimate of drug-likeness (QED) is 0.717. The van der Waals surface area contributed by atoms with Crippen LogP contribution >= 0.6 is 15.9 Å². The fourth-order valence-corrected chi connectivity index (χ4v) is 1.40. The molecule has 62 valence electrons. The van der Waals surface area contributed by atoms with Crippen LogP contribution in [0, 0.1) is 6.92 Å². The molecular weight excluding hydrogens is 218 g/mol. The highest BCUT2D eigenvalue weighted by Gasteiger charge is 2.18. The van der Waals surface area contributed by atoms with Crippen molar-refractivity contribution >= 4 is 15.9 Å². The Balaban J connectivity index is 3.22. The zero-order valence-corrected chi connectivity index (χ0v) is 7.69. The van der Waals surface area contributed by atoms with Gasteiger partial charge in [0.15, 0.2) is 0 Å². The van der Waals surface area contributed by atoms with E-state index in [1.807, 2.05) is 0 Å². The summed E-state index contributed by atoms with van der Waals surface area (Å²) in [4.78, 5) is 0. The Morgan fingerprint density at radius 1 is 1.55 bits per heavy atom. The first-order valence-corrected chi connectivity index (χ1v) is 3.80. The fourth-order valence-electron chi connectivity index (χ4n) is 0.887. The summed E-state index contributed by atoms with van der Waals surface area (Å²) in [6, 6.07) is 0. The highest BCUT2D eigenvalue weighted by Crippen LogP contribution is 2.28. The van der Waals surface area contributed by atoms with Gasteiger partial charge < -0.3 is 0 Å². The molecule has 1 aromatic rings. The van der Waals surface area contributed by atoms with Crippen LogP contribution in [0.1, 0.15) is 17.8 Å². The maximum Gasteiger partial charge on any atom is 0.281 e. The molecule has 0 saturated carbocycles. The Kier molecular flexibility index (Phi) is 2.27. The van der Waals surface area contributed by atoms with Gasteiger partial charge in [-0.1, -0.05) is 0 Å². The van der Waals surface area contributed by atoms with Gasteiger partial charge in [0.05, 0.1) is 10.2 Å². The van der Waals surface area contributed by atoms with Gasteiger partial charge in [0, 0.05) is 7.05 Å². The Morgan fingerprint density at radius 2 is 2.09 bits per heavy atom. The number of rotatable bonds is 1. The van der Waals surface area contributed by atoms with Crippen molar-refractivity contribution < 1.29 is 8.78 Å². The third-order valence-corrected chi connectivity index (χ3v) is 2.38. The SMILES string of the molecule is Cc1nn(C)c(C(F)F)c1Br. The molecular formula is C6H7BrF2N2. The second-order valence-corrected chi connectivity index (χ2v) is 3.00. The fraction of sp³-hybridized carbons (Fsp3) is 0.500. The summed E-state index contributed by atoms with van der Waals surface area (Å²) in [5.41, 5.74) is 0.519. The predicted octanol–water partition coefficient (Wildman–Crippen LogP) is 2.43. The van der Waals surface area contributed by atoms with Gasteiger partial charge in [0.1, 0.15) is 5.69 Å². The van der Waals surface area contributed by atoms with E-state index >= 15 is 0 Å². The molecule has 0 aliphatic heterocycles. The summed E-state index contributed by atoms with van der Waals surface area (Å²) in [5.74, 6) is 0. The van der Waals surface area contributed by atoms with E-state index in [-0.39, 0.29) is 5.69 Å². The molecule has 0 bridgehead atoms. The maximum atomic E-state index is 12.2. The van der Waals surface area contributed by atoms with E-state index in [0.717, 1.165) is 0 Å². The molecule has 0 fully saturated rings. The largest absolute Gasteiger partial charge is 0.281 e. The number of aromatic nitrogens is 2. The molecule has 0 saturated heterocycles. The van der Waals surface area contributed by atoms with Crippen LogP contribution in [-0.4, -0.2) is 9.78 Å². The van der Waals surface area contributed by atoms with Crippen LogP contribution in [-0.2, 0) is 7.05 Å². The first kappa shape index (κ1) is 8.64. The van der Waals surface area contributed by atoms with Gasteiger partial charge in [-0.05, 0) is 22.9 Å². The second-order valence-electron chi connectivity index (χ2n) is 2.21.